The summed E-state index contributed by atoms with van der Waals surface area (Å²) in [5, 5.41) is 17.2. The zero-order valence-corrected chi connectivity index (χ0v) is 17.6. The summed E-state index contributed by atoms with van der Waals surface area (Å²) in [6.45, 7) is 1.68. The number of carbonyl (C=O) groups is 2. The van der Waals surface area contributed by atoms with Crippen LogP contribution >= 0.6 is 11.6 Å². The van der Waals surface area contributed by atoms with Gasteiger partial charge in [-0.3, -0.25) is 14.3 Å². The molecule has 0 fully saturated rings. The average molecular weight is 448 g/mol. The van der Waals surface area contributed by atoms with Crippen molar-refractivity contribution >= 4 is 34.3 Å². The second-order valence-corrected chi connectivity index (χ2v) is 7.31. The van der Waals surface area contributed by atoms with E-state index in [0.29, 0.717) is 17.4 Å². The molecule has 1 atom stereocenters. The van der Waals surface area contributed by atoms with Crippen LogP contribution in [0.2, 0.25) is 5.02 Å². The average Bonchev–Trinajstić information content (AvgIpc) is 3.12. The van der Waals surface area contributed by atoms with E-state index >= 15 is 0 Å². The molecule has 2 aromatic carbocycles. The van der Waals surface area contributed by atoms with Crippen LogP contribution in [0.1, 0.15) is 24.4 Å². The van der Waals surface area contributed by atoms with Crippen LogP contribution in [0.3, 0.4) is 0 Å². The lowest BCUT2D eigenvalue weighted by molar-refractivity contribution is -0.136. The number of likely N-dealkylation sites (N-methyl/N-ethyl adjacent to an activating group) is 1. The number of nitrogens with one attached hydrogen (secondary N) is 1. The highest BCUT2D eigenvalue weighted by atomic mass is 35.5. The van der Waals surface area contributed by atoms with Crippen LogP contribution in [-0.2, 0) is 22.7 Å². The molecule has 3 rings (SSSR count). The zero-order chi connectivity index (χ0) is 22.5. The number of nitrogens with zero attached hydrogens (tertiary/aromatic N) is 3. The van der Waals surface area contributed by atoms with Crippen LogP contribution in [-0.4, -0.2) is 44.7 Å². The van der Waals surface area contributed by atoms with Crippen molar-refractivity contribution < 1.29 is 19.1 Å². The van der Waals surface area contributed by atoms with Crippen LogP contribution in [0.4, 0.5) is 4.39 Å². The summed E-state index contributed by atoms with van der Waals surface area (Å²) >= 11 is 5.74. The first kappa shape index (κ1) is 22.7. The molecular formula is C21H23ClFN5O3. The minimum atomic E-state index is -1.28. The van der Waals surface area contributed by atoms with Gasteiger partial charge in [-0.2, -0.15) is 5.10 Å². The van der Waals surface area contributed by atoms with Gasteiger partial charge in [0.15, 0.2) is 0 Å². The van der Waals surface area contributed by atoms with E-state index in [0.717, 1.165) is 0 Å². The fraction of sp³-hybridized carbons (Fsp3) is 0.286. The van der Waals surface area contributed by atoms with Gasteiger partial charge in [0.2, 0.25) is 11.8 Å². The van der Waals surface area contributed by atoms with Crippen LogP contribution in [0.15, 0.2) is 42.5 Å². The molecule has 0 spiro atoms. The van der Waals surface area contributed by atoms with E-state index in [1.54, 1.807) is 37.3 Å². The number of hydrogen-bond donors (Lipinski definition) is 3. The molecule has 164 valence electrons. The molecule has 0 saturated heterocycles. The zero-order valence-electron chi connectivity index (χ0n) is 16.9. The largest absolute Gasteiger partial charge is 0.373 e. The Balaban J connectivity index is 1.66. The van der Waals surface area contributed by atoms with Crippen molar-refractivity contribution in [3.8, 4) is 0 Å². The molecule has 0 aliphatic rings. The standard InChI is InChI=1S/C21H23ClFN5O3/c1-2-27(11-17(29)25-10-13-6-5-8-15(22)19(13)23)18(30)12-28-16-9-4-3-7-14(16)20(26-28)21(24)31/h3-9,21,31H,2,10-12,24H2,1H3,(H,25,29). The Morgan fingerprint density at radius 1 is 1.29 bits per heavy atom. The quantitative estimate of drug-likeness (QED) is 0.457. The molecule has 0 saturated carbocycles. The second-order valence-electron chi connectivity index (χ2n) is 6.90. The molecule has 1 unspecified atom stereocenters. The van der Waals surface area contributed by atoms with E-state index in [1.165, 1.54) is 21.7 Å². The summed E-state index contributed by atoms with van der Waals surface area (Å²) in [6, 6.07) is 11.6. The molecule has 3 aromatic rings. The van der Waals surface area contributed by atoms with Gasteiger partial charge in [0.05, 0.1) is 17.1 Å². The van der Waals surface area contributed by atoms with Crippen LogP contribution in [0.5, 0.6) is 0 Å². The number of aliphatic hydroxyl groups is 1. The molecule has 10 heteroatoms. The maximum Gasteiger partial charge on any atom is 0.244 e. The summed E-state index contributed by atoms with van der Waals surface area (Å²) in [4.78, 5) is 26.5. The van der Waals surface area contributed by atoms with Gasteiger partial charge in [-0.15, -0.1) is 0 Å². The third-order valence-electron chi connectivity index (χ3n) is 4.83. The van der Waals surface area contributed by atoms with E-state index < -0.39 is 18.0 Å². The fourth-order valence-electron chi connectivity index (χ4n) is 3.20. The first-order chi connectivity index (χ1) is 14.8. The molecule has 2 amide bonds. The second kappa shape index (κ2) is 9.86. The number of rotatable bonds is 8. The van der Waals surface area contributed by atoms with E-state index in [-0.39, 0.29) is 41.8 Å². The lowest BCUT2D eigenvalue weighted by Gasteiger charge is -2.20. The molecule has 1 heterocycles. The van der Waals surface area contributed by atoms with Crippen molar-refractivity contribution in [2.75, 3.05) is 13.1 Å². The minimum absolute atomic E-state index is 0.0227. The highest BCUT2D eigenvalue weighted by Crippen LogP contribution is 2.21. The summed E-state index contributed by atoms with van der Waals surface area (Å²) < 4.78 is 15.4. The number of fused-ring (bicyclic) bond motifs is 1. The maximum absolute atomic E-state index is 14.0. The first-order valence-electron chi connectivity index (χ1n) is 9.68. The number of nitrogens with two attached hydrogens (primary N) is 1. The van der Waals surface area contributed by atoms with Crippen molar-refractivity contribution in [1.82, 2.24) is 20.0 Å². The van der Waals surface area contributed by atoms with Gasteiger partial charge < -0.3 is 21.1 Å². The highest BCUT2D eigenvalue weighted by molar-refractivity contribution is 6.30. The third-order valence-corrected chi connectivity index (χ3v) is 5.12. The van der Waals surface area contributed by atoms with Crippen LogP contribution in [0, 0.1) is 5.82 Å². The number of benzene rings is 2. The van der Waals surface area contributed by atoms with Gasteiger partial charge in [0, 0.05) is 24.0 Å². The van der Waals surface area contributed by atoms with Gasteiger partial charge in [0.1, 0.15) is 24.3 Å². The Kier molecular flexibility index (Phi) is 7.21. The van der Waals surface area contributed by atoms with E-state index in [1.807, 2.05) is 0 Å². The number of carbonyl (C=O) groups excluding carboxylic acids is 2. The van der Waals surface area contributed by atoms with Crippen molar-refractivity contribution in [2.45, 2.75) is 26.2 Å². The summed E-state index contributed by atoms with van der Waals surface area (Å²) in [6.07, 6.45) is -1.28. The Morgan fingerprint density at radius 3 is 2.74 bits per heavy atom. The van der Waals surface area contributed by atoms with Crippen LogP contribution < -0.4 is 11.1 Å². The molecule has 0 bridgehead atoms. The summed E-state index contributed by atoms with van der Waals surface area (Å²) in [7, 11) is 0. The van der Waals surface area contributed by atoms with Gasteiger partial charge in [-0.25, -0.2) is 4.39 Å². The van der Waals surface area contributed by atoms with Gasteiger partial charge in [0.25, 0.3) is 0 Å². The van der Waals surface area contributed by atoms with E-state index in [9.17, 15) is 19.1 Å². The number of amides is 2. The van der Waals surface area contributed by atoms with Crippen molar-refractivity contribution in [3.63, 3.8) is 0 Å². The van der Waals surface area contributed by atoms with Crippen molar-refractivity contribution in [2.24, 2.45) is 5.73 Å². The molecule has 1 aromatic heterocycles. The third kappa shape index (κ3) is 5.19. The van der Waals surface area contributed by atoms with Crippen molar-refractivity contribution in [1.29, 1.82) is 0 Å². The fourth-order valence-corrected chi connectivity index (χ4v) is 3.40. The Bertz CT molecular complexity index is 1100. The van der Waals surface area contributed by atoms with Gasteiger partial charge in [-0.05, 0) is 19.1 Å². The summed E-state index contributed by atoms with van der Waals surface area (Å²) in [5.74, 6) is -1.35. The Hall–Kier alpha value is -3.01. The van der Waals surface area contributed by atoms with Crippen LogP contribution in [0.25, 0.3) is 10.9 Å². The number of aromatic nitrogens is 2. The Labute approximate surface area is 183 Å². The monoisotopic (exact) mass is 447 g/mol. The molecule has 8 nitrogen and oxygen atoms in total. The Morgan fingerprint density at radius 2 is 2.03 bits per heavy atom. The van der Waals surface area contributed by atoms with E-state index in [2.05, 4.69) is 10.4 Å². The smallest absolute Gasteiger partial charge is 0.244 e. The predicted octanol–water partition coefficient (Wildman–Crippen LogP) is 1.94. The number of aliphatic hydroxyl groups excluding tert-OH is 1. The van der Waals surface area contributed by atoms with Gasteiger partial charge >= 0.3 is 0 Å². The normalized spacial score (nSPS) is 12.0. The van der Waals surface area contributed by atoms with Gasteiger partial charge in [-0.1, -0.05) is 41.9 Å². The van der Waals surface area contributed by atoms with Crippen molar-refractivity contribution in [3.05, 3.63) is 64.6 Å². The number of para-hydroxylation sites is 1. The molecule has 4 N–H and O–H groups in total. The molecule has 0 aliphatic carbocycles. The maximum atomic E-state index is 14.0. The van der Waals surface area contributed by atoms with E-state index in [4.69, 9.17) is 17.3 Å². The SMILES string of the molecule is CCN(CC(=O)NCc1cccc(Cl)c1F)C(=O)Cn1nc(C(N)O)c2ccccc21. The topological polar surface area (TPSA) is 113 Å². The molecule has 0 aliphatic heterocycles. The molecule has 31 heavy (non-hydrogen) atoms. The lowest BCUT2D eigenvalue weighted by Crippen LogP contribution is -2.42. The number of hydrogen-bond acceptors (Lipinski definition) is 5. The minimum Gasteiger partial charge on any atom is -0.373 e. The predicted molar refractivity (Wildman–Crippen MR) is 114 cm³/mol. The number of halogens is 2. The molecular weight excluding hydrogens is 425 g/mol. The first-order valence-corrected chi connectivity index (χ1v) is 10.1. The lowest BCUT2D eigenvalue weighted by atomic mass is 10.2. The highest BCUT2D eigenvalue weighted by Gasteiger charge is 2.20. The molecule has 0 radical (unpaired) electrons. The summed E-state index contributed by atoms with van der Waals surface area (Å²) in [5.41, 5.74) is 6.75.